The molecular formula is C12H17NO2. The van der Waals surface area contributed by atoms with Gasteiger partial charge in [-0.15, -0.1) is 0 Å². The first-order valence-electron chi connectivity index (χ1n) is 5.09. The van der Waals surface area contributed by atoms with Crippen LogP contribution in [0.3, 0.4) is 0 Å². The monoisotopic (exact) mass is 207 g/mol. The number of aliphatic carboxylic acids is 1. The first-order valence-corrected chi connectivity index (χ1v) is 5.09. The van der Waals surface area contributed by atoms with E-state index >= 15 is 0 Å². The van der Waals surface area contributed by atoms with E-state index in [1.54, 1.807) is 0 Å². The molecule has 1 aromatic rings. The van der Waals surface area contributed by atoms with Crippen LogP contribution in [0.25, 0.3) is 0 Å². The second-order valence-corrected chi connectivity index (χ2v) is 3.69. The van der Waals surface area contributed by atoms with Crippen LogP contribution in [0, 0.1) is 13.8 Å². The second-order valence-electron chi connectivity index (χ2n) is 3.69. The third kappa shape index (κ3) is 2.80. The SMILES string of the molecule is CCNC(C(=O)O)c1cc(C)ccc1C. The van der Waals surface area contributed by atoms with Crippen LogP contribution in [-0.4, -0.2) is 17.6 Å². The Balaban J connectivity index is 3.09. The number of carboxylic acids is 1. The molecule has 1 aromatic carbocycles. The second kappa shape index (κ2) is 4.94. The maximum Gasteiger partial charge on any atom is 0.325 e. The van der Waals surface area contributed by atoms with Crippen molar-refractivity contribution in [3.8, 4) is 0 Å². The summed E-state index contributed by atoms with van der Waals surface area (Å²) in [4.78, 5) is 11.1. The Morgan fingerprint density at radius 1 is 1.47 bits per heavy atom. The van der Waals surface area contributed by atoms with Gasteiger partial charge >= 0.3 is 5.97 Å². The number of likely N-dealkylation sites (N-methyl/N-ethyl adjacent to an activating group) is 1. The molecule has 0 saturated heterocycles. The van der Waals surface area contributed by atoms with Crippen LogP contribution in [0.1, 0.15) is 29.7 Å². The van der Waals surface area contributed by atoms with E-state index in [1.165, 1.54) is 0 Å². The van der Waals surface area contributed by atoms with Gasteiger partial charge in [-0.3, -0.25) is 4.79 Å². The quantitative estimate of drug-likeness (QED) is 0.794. The highest BCUT2D eigenvalue weighted by Gasteiger charge is 2.19. The zero-order chi connectivity index (χ0) is 11.4. The van der Waals surface area contributed by atoms with Gasteiger partial charge in [-0.05, 0) is 31.5 Å². The number of hydrogen-bond donors (Lipinski definition) is 2. The van der Waals surface area contributed by atoms with Crippen molar-refractivity contribution in [1.29, 1.82) is 0 Å². The summed E-state index contributed by atoms with van der Waals surface area (Å²) in [5, 5.41) is 12.1. The van der Waals surface area contributed by atoms with Gasteiger partial charge in [0.2, 0.25) is 0 Å². The van der Waals surface area contributed by atoms with Crippen molar-refractivity contribution in [2.75, 3.05) is 6.54 Å². The van der Waals surface area contributed by atoms with Gasteiger partial charge in [-0.25, -0.2) is 0 Å². The molecule has 0 aliphatic heterocycles. The van der Waals surface area contributed by atoms with Crippen LogP contribution in [0.5, 0.6) is 0 Å². The van der Waals surface area contributed by atoms with Gasteiger partial charge in [0, 0.05) is 0 Å². The molecule has 15 heavy (non-hydrogen) atoms. The van der Waals surface area contributed by atoms with Crippen molar-refractivity contribution in [3.05, 3.63) is 34.9 Å². The van der Waals surface area contributed by atoms with Gasteiger partial charge in [-0.1, -0.05) is 30.7 Å². The lowest BCUT2D eigenvalue weighted by Gasteiger charge is -2.16. The van der Waals surface area contributed by atoms with Crippen molar-refractivity contribution in [3.63, 3.8) is 0 Å². The van der Waals surface area contributed by atoms with Gasteiger partial charge in [0.25, 0.3) is 0 Å². The number of aryl methyl sites for hydroxylation is 2. The van der Waals surface area contributed by atoms with Crippen LogP contribution in [0.15, 0.2) is 18.2 Å². The Labute approximate surface area is 90.1 Å². The fraction of sp³-hybridized carbons (Fsp3) is 0.417. The molecule has 0 amide bonds. The lowest BCUT2D eigenvalue weighted by atomic mass is 9.99. The molecule has 1 unspecified atom stereocenters. The summed E-state index contributed by atoms with van der Waals surface area (Å²) in [6.07, 6.45) is 0. The van der Waals surface area contributed by atoms with E-state index in [1.807, 2.05) is 39.0 Å². The summed E-state index contributed by atoms with van der Waals surface area (Å²) in [5.74, 6) is -0.828. The van der Waals surface area contributed by atoms with Crippen molar-refractivity contribution in [2.45, 2.75) is 26.8 Å². The van der Waals surface area contributed by atoms with Gasteiger partial charge in [0.05, 0.1) is 0 Å². The Hall–Kier alpha value is -1.35. The van der Waals surface area contributed by atoms with Crippen molar-refractivity contribution in [1.82, 2.24) is 5.32 Å². The highest BCUT2D eigenvalue weighted by molar-refractivity contribution is 5.76. The summed E-state index contributed by atoms with van der Waals surface area (Å²) in [6.45, 7) is 6.45. The average Bonchev–Trinajstić information content (AvgIpc) is 2.18. The molecular weight excluding hydrogens is 190 g/mol. The van der Waals surface area contributed by atoms with Gasteiger partial charge in [0.1, 0.15) is 6.04 Å². The van der Waals surface area contributed by atoms with E-state index < -0.39 is 12.0 Å². The molecule has 1 rings (SSSR count). The van der Waals surface area contributed by atoms with Crippen molar-refractivity contribution < 1.29 is 9.90 Å². The van der Waals surface area contributed by atoms with Gasteiger partial charge in [0.15, 0.2) is 0 Å². The molecule has 0 bridgehead atoms. The van der Waals surface area contributed by atoms with Gasteiger partial charge < -0.3 is 10.4 Å². The third-order valence-corrected chi connectivity index (χ3v) is 2.40. The predicted octanol–water partition coefficient (Wildman–Crippen LogP) is 2.04. The fourth-order valence-corrected chi connectivity index (χ4v) is 1.61. The number of hydrogen-bond acceptors (Lipinski definition) is 2. The molecule has 3 nitrogen and oxygen atoms in total. The van der Waals surface area contributed by atoms with Crippen molar-refractivity contribution >= 4 is 5.97 Å². The maximum atomic E-state index is 11.1. The summed E-state index contributed by atoms with van der Waals surface area (Å²) >= 11 is 0. The van der Waals surface area contributed by atoms with E-state index in [9.17, 15) is 4.79 Å². The van der Waals surface area contributed by atoms with Crippen LogP contribution >= 0.6 is 0 Å². The Bertz CT molecular complexity index is 361. The largest absolute Gasteiger partial charge is 0.480 e. The Kier molecular flexibility index (Phi) is 3.86. The minimum atomic E-state index is -0.828. The van der Waals surface area contributed by atoms with E-state index in [-0.39, 0.29) is 0 Å². The predicted molar refractivity (Wildman–Crippen MR) is 60.0 cm³/mol. The average molecular weight is 207 g/mol. The topological polar surface area (TPSA) is 49.3 Å². The normalized spacial score (nSPS) is 12.5. The molecule has 82 valence electrons. The number of benzene rings is 1. The Morgan fingerprint density at radius 2 is 2.13 bits per heavy atom. The van der Waals surface area contributed by atoms with Gasteiger partial charge in [-0.2, -0.15) is 0 Å². The van der Waals surface area contributed by atoms with E-state index in [0.29, 0.717) is 6.54 Å². The van der Waals surface area contributed by atoms with Crippen molar-refractivity contribution in [2.24, 2.45) is 0 Å². The smallest absolute Gasteiger partial charge is 0.325 e. The molecule has 1 atom stereocenters. The zero-order valence-corrected chi connectivity index (χ0v) is 9.37. The summed E-state index contributed by atoms with van der Waals surface area (Å²) < 4.78 is 0. The number of carboxylic acid groups (broad SMARTS) is 1. The highest BCUT2D eigenvalue weighted by Crippen LogP contribution is 2.19. The summed E-state index contributed by atoms with van der Waals surface area (Å²) in [7, 11) is 0. The number of carbonyl (C=O) groups is 1. The molecule has 0 fully saturated rings. The van der Waals surface area contributed by atoms with Crippen LogP contribution in [0.4, 0.5) is 0 Å². The molecule has 0 aliphatic carbocycles. The lowest BCUT2D eigenvalue weighted by Crippen LogP contribution is -2.28. The lowest BCUT2D eigenvalue weighted by molar-refractivity contribution is -0.139. The third-order valence-electron chi connectivity index (χ3n) is 2.40. The minimum absolute atomic E-state index is 0.602. The highest BCUT2D eigenvalue weighted by atomic mass is 16.4. The molecule has 0 aromatic heterocycles. The first kappa shape index (κ1) is 11.7. The molecule has 0 spiro atoms. The van der Waals surface area contributed by atoms with E-state index in [0.717, 1.165) is 16.7 Å². The molecule has 0 heterocycles. The van der Waals surface area contributed by atoms with Crippen LogP contribution < -0.4 is 5.32 Å². The summed E-state index contributed by atoms with van der Waals surface area (Å²) in [5.41, 5.74) is 2.94. The fourth-order valence-electron chi connectivity index (χ4n) is 1.61. The molecule has 0 radical (unpaired) electrons. The van der Waals surface area contributed by atoms with Crippen LogP contribution in [-0.2, 0) is 4.79 Å². The number of rotatable bonds is 4. The molecule has 3 heteroatoms. The number of nitrogens with one attached hydrogen (secondary N) is 1. The standard InChI is InChI=1S/C12H17NO2/c1-4-13-11(12(14)15)10-7-8(2)5-6-9(10)3/h5-7,11,13H,4H2,1-3H3,(H,14,15). The molecule has 2 N–H and O–H groups in total. The maximum absolute atomic E-state index is 11.1. The van der Waals surface area contributed by atoms with E-state index in [2.05, 4.69) is 5.32 Å². The molecule has 0 saturated carbocycles. The summed E-state index contributed by atoms with van der Waals surface area (Å²) in [6, 6.07) is 5.27. The minimum Gasteiger partial charge on any atom is -0.480 e. The Morgan fingerprint density at radius 3 is 2.67 bits per heavy atom. The van der Waals surface area contributed by atoms with E-state index in [4.69, 9.17) is 5.11 Å². The zero-order valence-electron chi connectivity index (χ0n) is 9.37. The molecule has 0 aliphatic rings. The first-order chi connectivity index (χ1) is 7.06. The van der Waals surface area contributed by atoms with Crippen LogP contribution in [0.2, 0.25) is 0 Å².